The minimum absolute atomic E-state index is 0.229. The van der Waals surface area contributed by atoms with Crippen LogP contribution >= 0.6 is 11.3 Å². The molecule has 1 atom stereocenters. The van der Waals surface area contributed by atoms with E-state index in [0.717, 1.165) is 23.3 Å². The SMILES string of the molecule is CCCOC(=O)[C@@H](CC)n1cnc2scc(-c3ccc(OC)cc3)c2c1=O. The monoisotopic (exact) mass is 386 g/mol. The molecule has 0 aliphatic rings. The number of aromatic nitrogens is 2. The molecule has 27 heavy (non-hydrogen) atoms. The Balaban J connectivity index is 2.08. The van der Waals surface area contributed by atoms with Crippen LogP contribution < -0.4 is 10.3 Å². The predicted molar refractivity (Wildman–Crippen MR) is 106 cm³/mol. The number of rotatable bonds is 7. The lowest BCUT2D eigenvalue weighted by Gasteiger charge is -2.16. The van der Waals surface area contributed by atoms with Crippen LogP contribution in [0.5, 0.6) is 5.75 Å². The fourth-order valence-corrected chi connectivity index (χ4v) is 3.83. The zero-order valence-corrected chi connectivity index (χ0v) is 16.4. The second-order valence-electron chi connectivity index (χ2n) is 6.11. The number of thiophene rings is 1. The van der Waals surface area contributed by atoms with Gasteiger partial charge in [0.15, 0.2) is 0 Å². The topological polar surface area (TPSA) is 70.4 Å². The molecule has 0 unspecified atom stereocenters. The highest BCUT2D eigenvalue weighted by atomic mass is 32.1. The summed E-state index contributed by atoms with van der Waals surface area (Å²) in [5.74, 6) is 0.349. The summed E-state index contributed by atoms with van der Waals surface area (Å²) in [5, 5.41) is 2.44. The van der Waals surface area contributed by atoms with Crippen LogP contribution in [-0.4, -0.2) is 29.2 Å². The maximum Gasteiger partial charge on any atom is 0.329 e. The minimum atomic E-state index is -0.676. The van der Waals surface area contributed by atoms with Gasteiger partial charge in [-0.2, -0.15) is 0 Å². The van der Waals surface area contributed by atoms with Gasteiger partial charge in [-0.3, -0.25) is 9.36 Å². The molecule has 7 heteroatoms. The number of nitrogens with zero attached hydrogens (tertiary/aromatic N) is 2. The van der Waals surface area contributed by atoms with Crippen molar-refractivity contribution < 1.29 is 14.3 Å². The first-order chi connectivity index (χ1) is 13.1. The maximum atomic E-state index is 13.2. The molecule has 0 radical (unpaired) electrons. The van der Waals surface area contributed by atoms with E-state index < -0.39 is 12.0 Å². The van der Waals surface area contributed by atoms with Crippen molar-refractivity contribution in [3.05, 3.63) is 46.3 Å². The highest BCUT2D eigenvalue weighted by molar-refractivity contribution is 7.17. The Morgan fingerprint density at radius 2 is 2.00 bits per heavy atom. The third-order valence-corrected chi connectivity index (χ3v) is 5.25. The standard InChI is InChI=1S/C20H22N2O4S/c1-4-10-26-20(24)16(5-2)22-12-21-18-17(19(22)23)15(11-27-18)13-6-8-14(25-3)9-7-13/h6-9,11-12,16H,4-5,10H2,1-3H3/t16-/m1/s1. The van der Waals surface area contributed by atoms with Gasteiger partial charge in [0.25, 0.3) is 5.56 Å². The molecule has 0 amide bonds. The highest BCUT2D eigenvalue weighted by Crippen LogP contribution is 2.32. The van der Waals surface area contributed by atoms with Crippen molar-refractivity contribution in [3.8, 4) is 16.9 Å². The van der Waals surface area contributed by atoms with Gasteiger partial charge < -0.3 is 9.47 Å². The van der Waals surface area contributed by atoms with Crippen LogP contribution in [0.15, 0.2) is 40.8 Å². The first-order valence-corrected chi connectivity index (χ1v) is 9.78. The number of methoxy groups -OCH3 is 1. The van der Waals surface area contributed by atoms with E-state index >= 15 is 0 Å². The molecule has 6 nitrogen and oxygen atoms in total. The third-order valence-electron chi connectivity index (χ3n) is 4.36. The lowest BCUT2D eigenvalue weighted by molar-refractivity contribution is -0.147. The summed E-state index contributed by atoms with van der Waals surface area (Å²) in [6.07, 6.45) is 2.64. The van der Waals surface area contributed by atoms with Crippen molar-refractivity contribution >= 4 is 27.5 Å². The Labute approximate surface area is 161 Å². The second kappa shape index (κ2) is 8.35. The molecule has 0 aliphatic heterocycles. The fraction of sp³-hybridized carbons (Fsp3) is 0.350. The number of carbonyl (C=O) groups is 1. The maximum absolute atomic E-state index is 13.2. The van der Waals surface area contributed by atoms with Gasteiger partial charge in [-0.1, -0.05) is 26.0 Å². The molecule has 0 saturated carbocycles. The molecule has 0 fully saturated rings. The Morgan fingerprint density at radius 1 is 1.26 bits per heavy atom. The zero-order valence-electron chi connectivity index (χ0n) is 15.6. The van der Waals surface area contributed by atoms with Crippen LogP contribution in [0.2, 0.25) is 0 Å². The van der Waals surface area contributed by atoms with Gasteiger partial charge in [-0.05, 0) is 30.5 Å². The molecule has 0 aliphatic carbocycles. The predicted octanol–water partition coefficient (Wildman–Crippen LogP) is 4.04. The van der Waals surface area contributed by atoms with Crippen molar-refractivity contribution in [2.75, 3.05) is 13.7 Å². The van der Waals surface area contributed by atoms with E-state index in [1.165, 1.54) is 22.2 Å². The van der Waals surface area contributed by atoms with E-state index in [2.05, 4.69) is 4.98 Å². The van der Waals surface area contributed by atoms with Crippen molar-refractivity contribution in [2.24, 2.45) is 0 Å². The Hall–Kier alpha value is -2.67. The van der Waals surface area contributed by atoms with E-state index in [9.17, 15) is 9.59 Å². The summed E-state index contributed by atoms with van der Waals surface area (Å²) in [6.45, 7) is 4.13. The molecular weight excluding hydrogens is 364 g/mol. The Bertz CT molecular complexity index is 991. The molecule has 0 spiro atoms. The third kappa shape index (κ3) is 3.73. The number of benzene rings is 1. The minimum Gasteiger partial charge on any atom is -0.497 e. The molecule has 2 heterocycles. The van der Waals surface area contributed by atoms with Crippen molar-refractivity contribution in [2.45, 2.75) is 32.7 Å². The van der Waals surface area contributed by atoms with E-state index in [1.807, 2.05) is 43.5 Å². The van der Waals surface area contributed by atoms with E-state index in [1.54, 1.807) is 7.11 Å². The first-order valence-electron chi connectivity index (χ1n) is 8.90. The molecule has 3 rings (SSSR count). The second-order valence-corrected chi connectivity index (χ2v) is 6.96. The zero-order chi connectivity index (χ0) is 19.4. The number of ether oxygens (including phenoxy) is 2. The van der Waals surface area contributed by atoms with Gasteiger partial charge in [-0.25, -0.2) is 9.78 Å². The molecule has 1 aromatic carbocycles. The normalized spacial score (nSPS) is 12.1. The molecule has 3 aromatic rings. The van der Waals surface area contributed by atoms with E-state index in [0.29, 0.717) is 23.2 Å². The summed E-state index contributed by atoms with van der Waals surface area (Å²) < 4.78 is 11.8. The molecule has 0 bridgehead atoms. The average molecular weight is 386 g/mol. The van der Waals surface area contributed by atoms with E-state index in [-0.39, 0.29) is 5.56 Å². The van der Waals surface area contributed by atoms with Gasteiger partial charge in [0.1, 0.15) is 16.6 Å². The van der Waals surface area contributed by atoms with Crippen LogP contribution in [0.25, 0.3) is 21.3 Å². The fourth-order valence-electron chi connectivity index (χ4n) is 2.93. The number of fused-ring (bicyclic) bond motifs is 1. The lowest BCUT2D eigenvalue weighted by atomic mass is 10.1. The first kappa shape index (κ1) is 19.1. The number of hydrogen-bond donors (Lipinski definition) is 0. The van der Waals surface area contributed by atoms with Crippen LogP contribution in [-0.2, 0) is 9.53 Å². The summed E-state index contributed by atoms with van der Waals surface area (Å²) >= 11 is 1.41. The highest BCUT2D eigenvalue weighted by Gasteiger charge is 2.23. The summed E-state index contributed by atoms with van der Waals surface area (Å²) in [6, 6.07) is 6.84. The van der Waals surface area contributed by atoms with Gasteiger partial charge in [-0.15, -0.1) is 11.3 Å². The van der Waals surface area contributed by atoms with Gasteiger partial charge >= 0.3 is 5.97 Å². The summed E-state index contributed by atoms with van der Waals surface area (Å²) in [5.41, 5.74) is 1.48. The molecule has 142 valence electrons. The average Bonchev–Trinajstić information content (AvgIpc) is 3.13. The number of carbonyl (C=O) groups excluding carboxylic acids is 1. The van der Waals surface area contributed by atoms with Crippen molar-refractivity contribution in [1.82, 2.24) is 9.55 Å². The molecular formula is C20H22N2O4S. The quantitative estimate of drug-likeness (QED) is 0.573. The molecule has 2 aromatic heterocycles. The van der Waals surface area contributed by atoms with Crippen LogP contribution in [0.4, 0.5) is 0 Å². The largest absolute Gasteiger partial charge is 0.497 e. The van der Waals surface area contributed by atoms with Gasteiger partial charge in [0, 0.05) is 10.9 Å². The number of esters is 1. The van der Waals surface area contributed by atoms with Crippen molar-refractivity contribution in [3.63, 3.8) is 0 Å². The lowest BCUT2D eigenvalue weighted by Crippen LogP contribution is -2.31. The Kier molecular flexibility index (Phi) is 5.91. The van der Waals surface area contributed by atoms with Crippen LogP contribution in [0, 0.1) is 0 Å². The van der Waals surface area contributed by atoms with Crippen LogP contribution in [0.1, 0.15) is 32.7 Å². The smallest absolute Gasteiger partial charge is 0.329 e. The Morgan fingerprint density at radius 3 is 2.63 bits per heavy atom. The summed E-state index contributed by atoms with van der Waals surface area (Å²) in [7, 11) is 1.61. The number of hydrogen-bond acceptors (Lipinski definition) is 6. The summed E-state index contributed by atoms with van der Waals surface area (Å²) in [4.78, 5) is 30.6. The molecule has 0 N–H and O–H groups in total. The van der Waals surface area contributed by atoms with E-state index in [4.69, 9.17) is 9.47 Å². The van der Waals surface area contributed by atoms with Crippen LogP contribution in [0.3, 0.4) is 0 Å². The van der Waals surface area contributed by atoms with Crippen molar-refractivity contribution in [1.29, 1.82) is 0 Å². The molecule has 0 saturated heterocycles. The van der Waals surface area contributed by atoms with Gasteiger partial charge in [0.2, 0.25) is 0 Å². The van der Waals surface area contributed by atoms with Gasteiger partial charge in [0.05, 0.1) is 25.4 Å².